The third-order valence-corrected chi connectivity index (χ3v) is 3.71. The van der Waals surface area contributed by atoms with Crippen molar-refractivity contribution in [2.24, 2.45) is 5.92 Å². The Morgan fingerprint density at radius 2 is 2.00 bits per heavy atom. The lowest BCUT2D eigenvalue weighted by molar-refractivity contribution is 0.238. The number of hydrogen-bond donors (Lipinski definition) is 3. The second-order valence-corrected chi connectivity index (χ2v) is 5.68. The molecule has 0 saturated heterocycles. The molecule has 0 radical (unpaired) electrons. The van der Waals surface area contributed by atoms with Gasteiger partial charge in [0.25, 0.3) is 0 Å². The van der Waals surface area contributed by atoms with E-state index in [1.165, 1.54) is 0 Å². The summed E-state index contributed by atoms with van der Waals surface area (Å²) in [6, 6.07) is 1.13. The molecule has 0 aliphatic carbocycles. The van der Waals surface area contributed by atoms with Gasteiger partial charge in [0, 0.05) is 19.2 Å². The molecular formula is C10H14F2N2O3S. The monoisotopic (exact) mass is 280 g/mol. The van der Waals surface area contributed by atoms with E-state index in [9.17, 15) is 17.2 Å². The first-order valence-electron chi connectivity index (χ1n) is 5.13. The number of aliphatic hydroxyl groups excluding tert-OH is 1. The normalized spacial score (nSPS) is 13.6. The highest BCUT2D eigenvalue weighted by molar-refractivity contribution is 7.89. The number of nitrogens with one attached hydrogen (secondary N) is 1. The summed E-state index contributed by atoms with van der Waals surface area (Å²) in [4.78, 5) is -0.716. The molecule has 0 fully saturated rings. The molecule has 1 unspecified atom stereocenters. The highest BCUT2D eigenvalue weighted by atomic mass is 32.2. The zero-order valence-electron chi connectivity index (χ0n) is 9.65. The van der Waals surface area contributed by atoms with Gasteiger partial charge < -0.3 is 10.8 Å². The topological polar surface area (TPSA) is 92.4 Å². The van der Waals surface area contributed by atoms with Crippen LogP contribution in [0.3, 0.4) is 0 Å². The number of halogens is 2. The van der Waals surface area contributed by atoms with Crippen molar-refractivity contribution in [2.75, 3.05) is 18.9 Å². The van der Waals surface area contributed by atoms with E-state index < -0.39 is 32.2 Å². The van der Waals surface area contributed by atoms with Crippen LogP contribution in [0.5, 0.6) is 0 Å². The lowest BCUT2D eigenvalue weighted by Gasteiger charge is -2.11. The summed E-state index contributed by atoms with van der Waals surface area (Å²) in [5, 5.41) is 8.76. The summed E-state index contributed by atoms with van der Waals surface area (Å²) in [7, 11) is -4.12. The van der Waals surface area contributed by atoms with Crippen molar-refractivity contribution in [1.82, 2.24) is 4.72 Å². The molecular weight excluding hydrogens is 266 g/mol. The number of hydrogen-bond acceptors (Lipinski definition) is 4. The molecule has 0 aliphatic heterocycles. The first kappa shape index (κ1) is 14.8. The van der Waals surface area contributed by atoms with E-state index in [4.69, 9.17) is 10.8 Å². The zero-order valence-corrected chi connectivity index (χ0v) is 10.5. The summed E-state index contributed by atoms with van der Waals surface area (Å²) >= 11 is 0. The van der Waals surface area contributed by atoms with Gasteiger partial charge in [0.1, 0.15) is 16.5 Å². The third-order valence-electron chi connectivity index (χ3n) is 2.27. The van der Waals surface area contributed by atoms with Gasteiger partial charge in [-0.1, -0.05) is 6.92 Å². The maximum absolute atomic E-state index is 13.4. The van der Waals surface area contributed by atoms with Crippen molar-refractivity contribution < 1.29 is 22.3 Å². The van der Waals surface area contributed by atoms with Crippen LogP contribution >= 0.6 is 0 Å². The fraction of sp³-hybridized carbons (Fsp3) is 0.400. The van der Waals surface area contributed by atoms with Crippen LogP contribution in [-0.4, -0.2) is 26.7 Å². The van der Waals surface area contributed by atoms with Crippen molar-refractivity contribution in [3.8, 4) is 0 Å². The average molecular weight is 280 g/mol. The minimum Gasteiger partial charge on any atom is -0.396 e. The van der Waals surface area contributed by atoms with Crippen molar-refractivity contribution in [3.05, 3.63) is 23.8 Å². The minimum absolute atomic E-state index is 0.0600. The molecule has 1 aromatic rings. The Morgan fingerprint density at radius 3 is 2.56 bits per heavy atom. The van der Waals surface area contributed by atoms with Crippen LogP contribution in [0.2, 0.25) is 0 Å². The molecule has 1 rings (SSSR count). The number of nitrogen functional groups attached to an aromatic ring is 1. The van der Waals surface area contributed by atoms with Gasteiger partial charge in [-0.15, -0.1) is 0 Å². The molecule has 102 valence electrons. The molecule has 1 atom stereocenters. The van der Waals surface area contributed by atoms with Crippen LogP contribution < -0.4 is 10.5 Å². The third kappa shape index (κ3) is 3.37. The summed E-state index contributed by atoms with van der Waals surface area (Å²) in [6.07, 6.45) is 0. The maximum atomic E-state index is 13.4. The number of rotatable bonds is 5. The molecule has 0 aromatic heterocycles. The van der Waals surface area contributed by atoms with E-state index in [0.717, 1.165) is 6.07 Å². The molecule has 5 nitrogen and oxygen atoms in total. The molecule has 0 spiro atoms. The highest BCUT2D eigenvalue weighted by Crippen LogP contribution is 2.20. The van der Waals surface area contributed by atoms with E-state index in [1.54, 1.807) is 6.92 Å². The molecule has 0 saturated carbocycles. The molecule has 18 heavy (non-hydrogen) atoms. The Bertz CT molecular complexity index is 534. The molecule has 0 bridgehead atoms. The fourth-order valence-electron chi connectivity index (χ4n) is 1.15. The lowest BCUT2D eigenvalue weighted by Crippen LogP contribution is -2.30. The Labute approximate surface area is 104 Å². The van der Waals surface area contributed by atoms with Crippen LogP contribution in [0.25, 0.3) is 0 Å². The predicted octanol–water partition coefficient (Wildman–Crippen LogP) is 0.454. The van der Waals surface area contributed by atoms with Crippen LogP contribution in [0.1, 0.15) is 6.92 Å². The Morgan fingerprint density at radius 1 is 1.39 bits per heavy atom. The molecule has 4 N–H and O–H groups in total. The van der Waals surface area contributed by atoms with Crippen LogP contribution in [-0.2, 0) is 10.0 Å². The summed E-state index contributed by atoms with van der Waals surface area (Å²) < 4.78 is 51.8. The van der Waals surface area contributed by atoms with Gasteiger partial charge in [-0.2, -0.15) is 0 Å². The maximum Gasteiger partial charge on any atom is 0.243 e. The number of sulfonamides is 1. The van der Waals surface area contributed by atoms with Crippen molar-refractivity contribution in [3.63, 3.8) is 0 Å². The predicted molar refractivity (Wildman–Crippen MR) is 62.2 cm³/mol. The number of nitrogens with two attached hydrogens (primary N) is 1. The molecule has 1 aromatic carbocycles. The Hall–Kier alpha value is -1.25. The van der Waals surface area contributed by atoms with E-state index >= 15 is 0 Å². The SMILES string of the molecule is CC(CO)CNS(=O)(=O)c1cc(N)c(F)cc1F. The van der Waals surface area contributed by atoms with Crippen LogP contribution in [0.15, 0.2) is 17.0 Å². The summed E-state index contributed by atoms with van der Waals surface area (Å²) in [6.45, 7) is 1.34. The second-order valence-electron chi connectivity index (χ2n) is 3.94. The first-order valence-corrected chi connectivity index (χ1v) is 6.61. The fourth-order valence-corrected chi connectivity index (χ4v) is 2.40. The van der Waals surface area contributed by atoms with Gasteiger partial charge in [-0.3, -0.25) is 0 Å². The average Bonchev–Trinajstić information content (AvgIpc) is 2.30. The van der Waals surface area contributed by atoms with Crippen molar-refractivity contribution in [2.45, 2.75) is 11.8 Å². The van der Waals surface area contributed by atoms with Gasteiger partial charge >= 0.3 is 0 Å². The molecule has 0 heterocycles. The largest absolute Gasteiger partial charge is 0.396 e. The van der Waals surface area contributed by atoms with E-state index in [-0.39, 0.29) is 19.1 Å². The minimum atomic E-state index is -4.12. The smallest absolute Gasteiger partial charge is 0.243 e. The molecule has 0 aliphatic rings. The van der Waals surface area contributed by atoms with Crippen molar-refractivity contribution >= 4 is 15.7 Å². The zero-order chi connectivity index (χ0) is 13.9. The summed E-state index contributed by atoms with van der Waals surface area (Å²) in [5.74, 6) is -2.55. The van der Waals surface area contributed by atoms with Gasteiger partial charge in [-0.25, -0.2) is 21.9 Å². The Balaban J connectivity index is 3.02. The van der Waals surface area contributed by atoms with Crippen LogP contribution in [0, 0.1) is 17.6 Å². The van der Waals surface area contributed by atoms with Crippen molar-refractivity contribution in [1.29, 1.82) is 0 Å². The van der Waals surface area contributed by atoms with E-state index in [0.29, 0.717) is 6.07 Å². The second kappa shape index (κ2) is 5.59. The number of aliphatic hydroxyl groups is 1. The quantitative estimate of drug-likeness (QED) is 0.683. The van der Waals surface area contributed by atoms with Gasteiger partial charge in [0.2, 0.25) is 10.0 Å². The van der Waals surface area contributed by atoms with E-state index in [1.807, 2.05) is 0 Å². The Kier molecular flexibility index (Phi) is 4.60. The number of benzene rings is 1. The van der Waals surface area contributed by atoms with Gasteiger partial charge in [0.15, 0.2) is 0 Å². The standard InChI is InChI=1S/C10H14F2N2O3S/c1-6(5-15)4-14-18(16,17)10-3-9(13)7(11)2-8(10)12/h2-3,6,14-15H,4-5,13H2,1H3. The first-order chi connectivity index (χ1) is 8.27. The van der Waals surface area contributed by atoms with Gasteiger partial charge in [-0.05, 0) is 12.0 Å². The van der Waals surface area contributed by atoms with E-state index in [2.05, 4.69) is 4.72 Å². The molecule has 8 heteroatoms. The lowest BCUT2D eigenvalue weighted by atomic mass is 10.2. The van der Waals surface area contributed by atoms with Crippen LogP contribution in [0.4, 0.5) is 14.5 Å². The molecule has 0 amide bonds. The highest BCUT2D eigenvalue weighted by Gasteiger charge is 2.21. The summed E-state index contributed by atoms with van der Waals surface area (Å²) in [5.41, 5.74) is 4.74. The number of anilines is 1. The van der Waals surface area contributed by atoms with Gasteiger partial charge in [0.05, 0.1) is 5.69 Å².